The lowest BCUT2D eigenvalue weighted by Crippen LogP contribution is -2.45. The fraction of sp³-hybridized carbons (Fsp3) is 0.578. The first-order valence-electron chi connectivity index (χ1n) is 20.3. The van der Waals surface area contributed by atoms with Gasteiger partial charge in [-0.3, -0.25) is 13.8 Å². The van der Waals surface area contributed by atoms with Crippen LogP contribution in [0, 0.1) is 0 Å². The van der Waals surface area contributed by atoms with Gasteiger partial charge in [-0.2, -0.15) is 0 Å². The molecule has 0 aromatic rings. The molecule has 0 aliphatic heterocycles. The molecule has 3 unspecified atom stereocenters. The number of rotatable bonds is 34. The summed E-state index contributed by atoms with van der Waals surface area (Å²) in [5, 5.41) is 13.6. The van der Waals surface area contributed by atoms with Gasteiger partial charge < -0.3 is 19.8 Å². The number of phosphoric acid groups is 1. The van der Waals surface area contributed by atoms with Crippen molar-refractivity contribution in [1.82, 2.24) is 5.32 Å². The number of likely N-dealkylation sites (N-methyl/N-ethyl adjacent to an activating group) is 1. The van der Waals surface area contributed by atoms with Gasteiger partial charge >= 0.3 is 7.82 Å². The number of hydrogen-bond acceptors (Lipinski definition) is 5. The van der Waals surface area contributed by atoms with Crippen molar-refractivity contribution in [2.24, 2.45) is 0 Å². The van der Waals surface area contributed by atoms with E-state index in [0.717, 1.165) is 89.9 Å². The number of unbranched alkanes of at least 4 members (excludes halogenated alkanes) is 5. The van der Waals surface area contributed by atoms with Crippen LogP contribution in [0.4, 0.5) is 0 Å². The number of quaternary nitrogens is 1. The molecule has 1 amide bonds. The smallest absolute Gasteiger partial charge is 0.387 e. The summed E-state index contributed by atoms with van der Waals surface area (Å²) in [5.74, 6) is -0.231. The molecule has 0 spiro atoms. The van der Waals surface area contributed by atoms with Crippen molar-refractivity contribution in [2.75, 3.05) is 40.9 Å². The molecule has 8 nitrogen and oxygen atoms in total. The fourth-order valence-electron chi connectivity index (χ4n) is 4.75. The fourth-order valence-corrected chi connectivity index (χ4v) is 5.48. The first-order valence-corrected chi connectivity index (χ1v) is 21.8. The van der Waals surface area contributed by atoms with Gasteiger partial charge in [-0.25, -0.2) is 4.57 Å². The molecule has 0 aromatic carbocycles. The monoisotopic (exact) mass is 772 g/mol. The molecule has 9 heteroatoms. The molecule has 0 heterocycles. The summed E-state index contributed by atoms with van der Waals surface area (Å²) in [7, 11) is 1.50. The number of hydrogen-bond donors (Lipinski definition) is 3. The van der Waals surface area contributed by atoms with E-state index in [9.17, 15) is 19.4 Å². The quantitative estimate of drug-likeness (QED) is 0.0260. The maximum atomic E-state index is 12.8. The standard InChI is InChI=1S/C45H75N2O6P/c1-6-8-10-12-14-15-16-17-18-19-20-21-22-23-24-25-26-27-28-29-30-31-33-35-37-39-45(49)46-43(44(48)38-36-34-32-13-11-9-7-2)42-53-54(50,51)52-41-40-47(3,4)5/h8,10-11,13-15,17-18,20-21,23-24,26-27,29-30,36,38,43-44,48H,6-7,9,12,16,19,22,25,28,31-35,37,39-42H2,1-5H3,(H-,46,49,50,51)/p+1/b10-8-,13-11+,15-14-,18-17-,21-20-,24-23-,27-26-,30-29-,38-36+. The van der Waals surface area contributed by atoms with Crippen LogP contribution in [0.3, 0.4) is 0 Å². The molecule has 0 aromatic heterocycles. The third kappa shape index (κ3) is 37.5. The van der Waals surface area contributed by atoms with Crippen LogP contribution in [0.15, 0.2) is 109 Å². The minimum Gasteiger partial charge on any atom is -0.387 e. The first-order chi connectivity index (χ1) is 26.0. The Balaban J connectivity index is 4.38. The van der Waals surface area contributed by atoms with Gasteiger partial charge in [0.1, 0.15) is 13.2 Å². The van der Waals surface area contributed by atoms with Gasteiger partial charge in [-0.1, -0.05) is 136 Å². The Morgan fingerprint density at radius 1 is 0.648 bits per heavy atom. The Bertz CT molecular complexity index is 1240. The Hall–Kier alpha value is -2.84. The van der Waals surface area contributed by atoms with Crippen LogP contribution in [-0.4, -0.2) is 73.4 Å². The molecular weight excluding hydrogens is 695 g/mol. The lowest BCUT2D eigenvalue weighted by molar-refractivity contribution is -0.870. The third-order valence-corrected chi connectivity index (χ3v) is 8.94. The minimum absolute atomic E-state index is 0.0417. The summed E-state index contributed by atoms with van der Waals surface area (Å²) >= 11 is 0. The predicted octanol–water partition coefficient (Wildman–Crippen LogP) is 11.0. The summed E-state index contributed by atoms with van der Waals surface area (Å²) in [6, 6.07) is -0.885. The van der Waals surface area contributed by atoms with Gasteiger partial charge in [0.15, 0.2) is 0 Å². The van der Waals surface area contributed by atoms with Crippen molar-refractivity contribution in [3.63, 3.8) is 0 Å². The Kier molecular flexibility index (Phi) is 34.0. The normalized spacial score (nSPS) is 15.6. The number of carbonyl (C=O) groups excluding carboxylic acids is 1. The molecular formula is C45H76N2O6P+. The van der Waals surface area contributed by atoms with Gasteiger partial charge in [-0.05, 0) is 83.5 Å². The van der Waals surface area contributed by atoms with Crippen LogP contribution >= 0.6 is 7.82 Å². The number of nitrogens with zero attached hydrogens (tertiary/aromatic N) is 1. The molecule has 3 N–H and O–H groups in total. The average molecular weight is 772 g/mol. The number of nitrogens with one attached hydrogen (secondary N) is 1. The maximum Gasteiger partial charge on any atom is 0.472 e. The molecule has 0 fully saturated rings. The second-order valence-electron chi connectivity index (χ2n) is 14.3. The second kappa shape index (κ2) is 35.8. The zero-order valence-electron chi connectivity index (χ0n) is 34.4. The molecule has 0 rings (SSSR count). The van der Waals surface area contributed by atoms with E-state index < -0.39 is 20.0 Å². The van der Waals surface area contributed by atoms with Crippen molar-refractivity contribution in [2.45, 2.75) is 129 Å². The van der Waals surface area contributed by atoms with Crippen molar-refractivity contribution >= 4 is 13.7 Å². The van der Waals surface area contributed by atoms with E-state index in [1.54, 1.807) is 6.08 Å². The highest BCUT2D eigenvalue weighted by atomic mass is 31.2. The highest BCUT2D eigenvalue weighted by molar-refractivity contribution is 7.47. The molecule has 0 aliphatic rings. The zero-order chi connectivity index (χ0) is 40.0. The van der Waals surface area contributed by atoms with Crippen LogP contribution in [0.5, 0.6) is 0 Å². The van der Waals surface area contributed by atoms with E-state index in [-0.39, 0.29) is 19.1 Å². The van der Waals surface area contributed by atoms with Crippen LogP contribution < -0.4 is 5.32 Å². The van der Waals surface area contributed by atoms with Crippen molar-refractivity contribution in [3.8, 4) is 0 Å². The molecule has 0 radical (unpaired) electrons. The molecule has 0 aliphatic carbocycles. The Morgan fingerprint density at radius 3 is 1.65 bits per heavy atom. The van der Waals surface area contributed by atoms with Gasteiger partial charge in [-0.15, -0.1) is 0 Å². The summed E-state index contributed by atoms with van der Waals surface area (Å²) in [4.78, 5) is 22.9. The summed E-state index contributed by atoms with van der Waals surface area (Å²) in [5.41, 5.74) is 0. The number of amides is 1. The van der Waals surface area contributed by atoms with Crippen molar-refractivity contribution in [1.29, 1.82) is 0 Å². The van der Waals surface area contributed by atoms with Crippen LogP contribution in [0.25, 0.3) is 0 Å². The van der Waals surface area contributed by atoms with Crippen LogP contribution in [-0.2, 0) is 18.4 Å². The SMILES string of the molecule is CC/C=C\C/C=C\C/C=C\C/C=C\C/C=C\C/C=C\C/C=C\CCCCCC(=O)NC(COP(=O)(O)OCC[N+](C)(C)C)C(O)/C=C/CC/C=C/CCC. The van der Waals surface area contributed by atoms with E-state index in [2.05, 4.69) is 116 Å². The number of allylic oxidation sites excluding steroid dienone is 17. The largest absolute Gasteiger partial charge is 0.472 e. The summed E-state index contributed by atoms with van der Waals surface area (Å²) < 4.78 is 23.3. The molecule has 0 saturated carbocycles. The maximum absolute atomic E-state index is 12.8. The molecule has 3 atom stereocenters. The molecule has 54 heavy (non-hydrogen) atoms. The van der Waals surface area contributed by atoms with E-state index in [1.807, 2.05) is 27.2 Å². The van der Waals surface area contributed by atoms with E-state index in [1.165, 1.54) is 0 Å². The number of carbonyl (C=O) groups is 1. The Morgan fingerprint density at radius 2 is 1.13 bits per heavy atom. The van der Waals surface area contributed by atoms with Gasteiger partial charge in [0, 0.05) is 6.42 Å². The van der Waals surface area contributed by atoms with E-state index >= 15 is 0 Å². The highest BCUT2D eigenvalue weighted by Crippen LogP contribution is 2.43. The van der Waals surface area contributed by atoms with Crippen molar-refractivity contribution < 1.29 is 32.9 Å². The third-order valence-electron chi connectivity index (χ3n) is 7.96. The zero-order valence-corrected chi connectivity index (χ0v) is 35.3. The lowest BCUT2D eigenvalue weighted by atomic mass is 10.1. The molecule has 0 bridgehead atoms. The highest BCUT2D eigenvalue weighted by Gasteiger charge is 2.27. The van der Waals surface area contributed by atoms with E-state index in [0.29, 0.717) is 23.9 Å². The summed E-state index contributed by atoms with van der Waals surface area (Å²) in [6.07, 6.45) is 51.9. The minimum atomic E-state index is -4.35. The molecule has 0 saturated heterocycles. The van der Waals surface area contributed by atoms with Crippen LogP contribution in [0.1, 0.15) is 117 Å². The number of aliphatic hydroxyl groups is 1. The topological polar surface area (TPSA) is 105 Å². The summed E-state index contributed by atoms with van der Waals surface area (Å²) in [6.45, 7) is 4.49. The van der Waals surface area contributed by atoms with Crippen molar-refractivity contribution in [3.05, 3.63) is 109 Å². The first kappa shape index (κ1) is 51.2. The van der Waals surface area contributed by atoms with Crippen LogP contribution in [0.2, 0.25) is 0 Å². The second-order valence-corrected chi connectivity index (χ2v) is 15.7. The average Bonchev–Trinajstić information content (AvgIpc) is 3.12. The number of aliphatic hydroxyl groups excluding tert-OH is 1. The lowest BCUT2D eigenvalue weighted by Gasteiger charge is -2.25. The van der Waals surface area contributed by atoms with Gasteiger partial charge in [0.2, 0.25) is 5.91 Å². The Labute approximate surface area is 330 Å². The number of phosphoric ester groups is 1. The predicted molar refractivity (Wildman–Crippen MR) is 230 cm³/mol. The van der Waals surface area contributed by atoms with Gasteiger partial charge in [0.25, 0.3) is 0 Å². The molecule has 306 valence electrons. The van der Waals surface area contributed by atoms with E-state index in [4.69, 9.17) is 9.05 Å². The van der Waals surface area contributed by atoms with Gasteiger partial charge in [0.05, 0.1) is 39.9 Å².